The molecule has 0 N–H and O–H groups in total. The molecule has 118 valence electrons. The van der Waals surface area contributed by atoms with Gasteiger partial charge in [-0.15, -0.1) is 0 Å². The number of aryl methyl sites for hydroxylation is 1. The van der Waals surface area contributed by atoms with Crippen LogP contribution in [0, 0.1) is 12.3 Å². The van der Waals surface area contributed by atoms with E-state index in [1.807, 2.05) is 52.0 Å². The van der Waals surface area contributed by atoms with Gasteiger partial charge in [-0.05, 0) is 35.6 Å². The molecule has 2 rings (SSSR count). The van der Waals surface area contributed by atoms with Gasteiger partial charge in [0.15, 0.2) is 0 Å². The molecule has 4 heteroatoms. The van der Waals surface area contributed by atoms with Gasteiger partial charge in [0.2, 0.25) is 0 Å². The Morgan fingerprint density at radius 3 is 1.77 bits per heavy atom. The maximum absolute atomic E-state index is 12.1. The summed E-state index contributed by atoms with van der Waals surface area (Å²) in [5, 5.41) is 0. The van der Waals surface area contributed by atoms with E-state index in [9.17, 15) is 8.42 Å². The highest BCUT2D eigenvalue weighted by atomic mass is 32.2. The molecule has 0 amide bonds. The highest BCUT2D eigenvalue weighted by Crippen LogP contribution is 2.23. The van der Waals surface area contributed by atoms with Crippen molar-refractivity contribution in [1.82, 2.24) is 0 Å². The van der Waals surface area contributed by atoms with Crippen LogP contribution < -0.4 is 0 Å². The molecule has 0 aliphatic rings. The Kier molecular flexibility index (Phi) is 4.73. The van der Waals surface area contributed by atoms with Gasteiger partial charge in [-0.1, -0.05) is 62.7 Å². The molecular weight excluding hydrogens is 296 g/mol. The Labute approximate surface area is 133 Å². The van der Waals surface area contributed by atoms with Gasteiger partial charge < -0.3 is 0 Å². The van der Waals surface area contributed by atoms with E-state index in [1.54, 1.807) is 24.3 Å². The summed E-state index contributed by atoms with van der Waals surface area (Å²) in [4.78, 5) is 0.188. The van der Waals surface area contributed by atoms with Crippen LogP contribution >= 0.6 is 0 Å². The van der Waals surface area contributed by atoms with E-state index in [2.05, 4.69) is 0 Å². The Morgan fingerprint density at radius 2 is 1.32 bits per heavy atom. The Balaban J connectivity index is 2.19. The Bertz CT molecular complexity index is 721. The van der Waals surface area contributed by atoms with E-state index in [4.69, 9.17) is 4.18 Å². The quantitative estimate of drug-likeness (QED) is 0.784. The molecule has 0 bridgehead atoms. The molecule has 22 heavy (non-hydrogen) atoms. The minimum atomic E-state index is -3.70. The first kappa shape index (κ1) is 16.7. The standard InChI is InChI=1S/C18H22O3S/c1-14-5-7-15(8-6-14)16-9-11-17(12-10-16)22(19,20)21-13-18(2,3)4/h5-12H,13H2,1-4H3. The van der Waals surface area contributed by atoms with Crippen LogP contribution in [0.25, 0.3) is 11.1 Å². The van der Waals surface area contributed by atoms with Crippen LogP contribution in [0.2, 0.25) is 0 Å². The van der Waals surface area contributed by atoms with Gasteiger partial charge >= 0.3 is 0 Å². The van der Waals surface area contributed by atoms with Crippen molar-refractivity contribution < 1.29 is 12.6 Å². The zero-order valence-electron chi connectivity index (χ0n) is 13.5. The molecule has 0 aliphatic heterocycles. The largest absolute Gasteiger partial charge is 0.296 e. The lowest BCUT2D eigenvalue weighted by Gasteiger charge is -2.17. The maximum atomic E-state index is 12.1. The third-order valence-electron chi connectivity index (χ3n) is 3.17. The summed E-state index contributed by atoms with van der Waals surface area (Å²) < 4.78 is 29.4. The Morgan fingerprint density at radius 1 is 0.864 bits per heavy atom. The van der Waals surface area contributed by atoms with Crippen molar-refractivity contribution in [2.24, 2.45) is 5.41 Å². The second kappa shape index (κ2) is 6.23. The molecular formula is C18H22O3S. The minimum Gasteiger partial charge on any atom is -0.266 e. The SMILES string of the molecule is Cc1ccc(-c2ccc(S(=O)(=O)OCC(C)(C)C)cc2)cc1. The molecule has 2 aromatic carbocycles. The third kappa shape index (κ3) is 4.42. The van der Waals surface area contributed by atoms with E-state index >= 15 is 0 Å². The monoisotopic (exact) mass is 318 g/mol. The van der Waals surface area contributed by atoms with Gasteiger partial charge in [-0.25, -0.2) is 0 Å². The van der Waals surface area contributed by atoms with Crippen molar-refractivity contribution in [3.05, 3.63) is 54.1 Å². The topological polar surface area (TPSA) is 43.4 Å². The van der Waals surface area contributed by atoms with Crippen LogP contribution in [0.5, 0.6) is 0 Å². The normalized spacial score (nSPS) is 12.4. The number of hydrogen-bond acceptors (Lipinski definition) is 3. The number of benzene rings is 2. The fourth-order valence-electron chi connectivity index (χ4n) is 1.88. The van der Waals surface area contributed by atoms with Crippen LogP contribution in [0.4, 0.5) is 0 Å². The van der Waals surface area contributed by atoms with Gasteiger partial charge in [0.1, 0.15) is 0 Å². The fourth-order valence-corrected chi connectivity index (χ4v) is 3.00. The lowest BCUT2D eigenvalue weighted by atomic mass is 9.99. The summed E-state index contributed by atoms with van der Waals surface area (Å²) in [7, 11) is -3.70. The van der Waals surface area contributed by atoms with Crippen molar-refractivity contribution in [2.45, 2.75) is 32.6 Å². The first-order chi connectivity index (χ1) is 10.2. The van der Waals surface area contributed by atoms with Crippen molar-refractivity contribution in [1.29, 1.82) is 0 Å². The van der Waals surface area contributed by atoms with Gasteiger partial charge in [-0.2, -0.15) is 8.42 Å². The summed E-state index contributed by atoms with van der Waals surface area (Å²) in [6.45, 7) is 8.00. The molecule has 3 nitrogen and oxygen atoms in total. The molecule has 2 aromatic rings. The summed E-state index contributed by atoms with van der Waals surface area (Å²) in [6.07, 6.45) is 0. The first-order valence-corrected chi connectivity index (χ1v) is 8.65. The third-order valence-corrected chi connectivity index (χ3v) is 4.45. The van der Waals surface area contributed by atoms with E-state index in [1.165, 1.54) is 5.56 Å². The molecule has 0 saturated heterocycles. The van der Waals surface area contributed by atoms with Crippen LogP contribution in [0.15, 0.2) is 53.4 Å². The van der Waals surface area contributed by atoms with E-state index in [0.717, 1.165) is 11.1 Å². The summed E-state index contributed by atoms with van der Waals surface area (Å²) in [6, 6.07) is 14.9. The average molecular weight is 318 g/mol. The molecule has 0 fully saturated rings. The van der Waals surface area contributed by atoms with Crippen molar-refractivity contribution in [3.63, 3.8) is 0 Å². The summed E-state index contributed by atoms with van der Waals surface area (Å²) in [5.74, 6) is 0. The van der Waals surface area contributed by atoms with Gasteiger partial charge in [0.25, 0.3) is 10.1 Å². The molecule has 0 unspecified atom stereocenters. The van der Waals surface area contributed by atoms with Crippen LogP contribution in [-0.2, 0) is 14.3 Å². The van der Waals surface area contributed by atoms with Gasteiger partial charge in [0.05, 0.1) is 11.5 Å². The average Bonchev–Trinajstić information content (AvgIpc) is 2.46. The van der Waals surface area contributed by atoms with Crippen molar-refractivity contribution in [2.75, 3.05) is 6.61 Å². The molecule has 0 radical (unpaired) electrons. The second-order valence-corrected chi connectivity index (χ2v) is 8.28. The lowest BCUT2D eigenvalue weighted by Crippen LogP contribution is -2.18. The first-order valence-electron chi connectivity index (χ1n) is 7.24. The van der Waals surface area contributed by atoms with E-state index < -0.39 is 10.1 Å². The minimum absolute atomic E-state index is 0.162. The molecule has 0 saturated carbocycles. The van der Waals surface area contributed by atoms with Gasteiger partial charge in [0, 0.05) is 0 Å². The zero-order valence-corrected chi connectivity index (χ0v) is 14.3. The van der Waals surface area contributed by atoms with Crippen molar-refractivity contribution >= 4 is 10.1 Å². The summed E-state index contributed by atoms with van der Waals surface area (Å²) in [5.41, 5.74) is 3.04. The molecule has 0 aliphatic carbocycles. The highest BCUT2D eigenvalue weighted by Gasteiger charge is 2.20. The maximum Gasteiger partial charge on any atom is 0.296 e. The molecule has 0 heterocycles. The number of rotatable bonds is 4. The molecule has 0 spiro atoms. The summed E-state index contributed by atoms with van der Waals surface area (Å²) >= 11 is 0. The lowest BCUT2D eigenvalue weighted by molar-refractivity contribution is 0.203. The van der Waals surface area contributed by atoms with E-state index in [0.29, 0.717) is 0 Å². The molecule has 0 aromatic heterocycles. The highest BCUT2D eigenvalue weighted by molar-refractivity contribution is 7.86. The van der Waals surface area contributed by atoms with E-state index in [-0.39, 0.29) is 16.9 Å². The number of hydrogen-bond donors (Lipinski definition) is 0. The smallest absolute Gasteiger partial charge is 0.266 e. The van der Waals surface area contributed by atoms with Crippen molar-refractivity contribution in [3.8, 4) is 11.1 Å². The second-order valence-electron chi connectivity index (χ2n) is 6.67. The van der Waals surface area contributed by atoms with Crippen LogP contribution in [0.1, 0.15) is 26.3 Å². The fraction of sp³-hybridized carbons (Fsp3) is 0.333. The molecule has 0 atom stereocenters. The van der Waals surface area contributed by atoms with Crippen LogP contribution in [0.3, 0.4) is 0 Å². The predicted molar refractivity (Wildman–Crippen MR) is 89.2 cm³/mol. The predicted octanol–water partition coefficient (Wildman–Crippen LogP) is 4.41. The van der Waals surface area contributed by atoms with Gasteiger partial charge in [-0.3, -0.25) is 4.18 Å². The Hall–Kier alpha value is -1.65. The van der Waals surface area contributed by atoms with Crippen LogP contribution in [-0.4, -0.2) is 15.0 Å². The zero-order chi connectivity index (χ0) is 16.4.